The van der Waals surface area contributed by atoms with Crippen molar-refractivity contribution in [3.05, 3.63) is 54.0 Å². The van der Waals surface area contributed by atoms with Gasteiger partial charge in [-0.3, -0.25) is 0 Å². The molecule has 4 N–H and O–H groups in total. The van der Waals surface area contributed by atoms with E-state index in [0.29, 0.717) is 25.3 Å². The van der Waals surface area contributed by atoms with E-state index in [1.54, 1.807) is 13.8 Å². The summed E-state index contributed by atoms with van der Waals surface area (Å²) in [5.74, 6) is 0.605. The van der Waals surface area contributed by atoms with E-state index in [1.807, 2.05) is 24.3 Å². The largest absolute Gasteiger partial charge is 0.480 e. The van der Waals surface area contributed by atoms with Crippen molar-refractivity contribution in [1.82, 2.24) is 19.9 Å². The smallest absolute Gasteiger partial charge is 0.326 e. The minimum absolute atomic E-state index is 0.377. The van der Waals surface area contributed by atoms with E-state index in [-0.39, 0.29) is 0 Å². The number of para-hydroxylation sites is 1. The molecule has 37 heavy (non-hydrogen) atoms. The van der Waals surface area contributed by atoms with Gasteiger partial charge in [0.15, 0.2) is 0 Å². The highest BCUT2D eigenvalue weighted by molar-refractivity contribution is 5.90. The highest BCUT2D eigenvalue weighted by Crippen LogP contribution is 2.21. The van der Waals surface area contributed by atoms with E-state index < -0.39 is 17.6 Å². The first-order valence-corrected chi connectivity index (χ1v) is 13.1. The molecule has 0 amide bonds. The number of benzene rings is 1. The van der Waals surface area contributed by atoms with Crippen molar-refractivity contribution in [3.8, 4) is 0 Å². The molecule has 198 valence electrons. The molecule has 9 nitrogen and oxygen atoms in total. The number of anilines is 2. The molecule has 1 aliphatic rings. The first-order valence-electron chi connectivity index (χ1n) is 13.1. The lowest BCUT2D eigenvalue weighted by molar-refractivity contribution is -0.138. The van der Waals surface area contributed by atoms with Crippen molar-refractivity contribution in [2.45, 2.75) is 64.0 Å². The Morgan fingerprint density at radius 1 is 1.16 bits per heavy atom. The van der Waals surface area contributed by atoms with Crippen LogP contribution in [0.4, 0.5) is 11.6 Å². The molecular formula is C28H38N6O3. The Bertz CT molecular complexity index is 1190. The second-order valence-corrected chi connectivity index (χ2v) is 10.4. The van der Waals surface area contributed by atoms with Gasteiger partial charge in [0.05, 0.1) is 11.1 Å². The third-order valence-corrected chi connectivity index (χ3v) is 6.61. The highest BCUT2D eigenvalue weighted by Gasteiger charge is 2.23. The Labute approximate surface area is 218 Å². The van der Waals surface area contributed by atoms with Gasteiger partial charge in [-0.25, -0.2) is 19.7 Å². The second kappa shape index (κ2) is 12.3. The molecule has 0 saturated carbocycles. The van der Waals surface area contributed by atoms with Crippen LogP contribution in [-0.4, -0.2) is 73.9 Å². The number of nitrogens with zero attached hydrogens (tertiary/aromatic N) is 4. The molecule has 1 atom stereocenters. The summed E-state index contributed by atoms with van der Waals surface area (Å²) in [6.07, 6.45) is 6.86. The Balaban J connectivity index is 1.33. The number of carboxylic acids is 1. The topological polar surface area (TPSA) is 124 Å². The Morgan fingerprint density at radius 2 is 2.00 bits per heavy atom. The molecule has 0 radical (unpaired) electrons. The number of carboxylic acid groups (broad SMARTS) is 1. The Morgan fingerprint density at radius 3 is 2.81 bits per heavy atom. The lowest BCUT2D eigenvalue weighted by atomic mass is 10.1. The number of fused-ring (bicyclic) bond motifs is 2. The van der Waals surface area contributed by atoms with Crippen molar-refractivity contribution < 1.29 is 15.0 Å². The van der Waals surface area contributed by atoms with E-state index in [9.17, 15) is 15.0 Å². The zero-order valence-corrected chi connectivity index (χ0v) is 21.8. The standard InChI is InChI=1S/C28H38N6O3/c1-28(2,37)18-34(16-6-5-9-21-13-12-20-8-7-15-29-25(20)32-21)17-14-24(27(35)36)33-26-22-10-3-4-11-23(22)30-19-31-26/h3-4,10-13,19,24,37H,5-9,14-18H2,1-2H3,(H,29,32)(H,35,36)(H,30,31,33). The average molecular weight is 507 g/mol. The molecule has 0 saturated heterocycles. The van der Waals surface area contributed by atoms with Gasteiger partial charge in [-0.1, -0.05) is 18.2 Å². The number of hydrogen-bond donors (Lipinski definition) is 4. The predicted octanol–water partition coefficient (Wildman–Crippen LogP) is 3.73. The van der Waals surface area contributed by atoms with Crippen LogP contribution in [0.5, 0.6) is 0 Å². The van der Waals surface area contributed by atoms with Crippen LogP contribution < -0.4 is 10.6 Å². The third kappa shape index (κ3) is 7.84. The molecule has 1 aromatic carbocycles. The highest BCUT2D eigenvalue weighted by atomic mass is 16.4. The third-order valence-electron chi connectivity index (χ3n) is 6.61. The number of pyridine rings is 1. The summed E-state index contributed by atoms with van der Waals surface area (Å²) in [6.45, 7) is 6.33. The molecule has 2 aromatic heterocycles. The van der Waals surface area contributed by atoms with E-state index in [1.165, 1.54) is 11.9 Å². The number of aromatic nitrogens is 3. The fraction of sp³-hybridized carbons (Fsp3) is 0.500. The molecule has 1 aliphatic heterocycles. The summed E-state index contributed by atoms with van der Waals surface area (Å²) in [5.41, 5.74) is 2.27. The van der Waals surface area contributed by atoms with Gasteiger partial charge in [0.1, 0.15) is 24.0 Å². The molecule has 3 aromatic rings. The lowest BCUT2D eigenvalue weighted by Gasteiger charge is -2.30. The molecule has 9 heteroatoms. The van der Waals surface area contributed by atoms with Gasteiger partial charge >= 0.3 is 5.97 Å². The van der Waals surface area contributed by atoms with Gasteiger partial charge in [-0.15, -0.1) is 0 Å². The summed E-state index contributed by atoms with van der Waals surface area (Å²) < 4.78 is 0. The molecular weight excluding hydrogens is 468 g/mol. The summed E-state index contributed by atoms with van der Waals surface area (Å²) in [6, 6.07) is 11.0. The summed E-state index contributed by atoms with van der Waals surface area (Å²) in [5, 5.41) is 27.6. The fourth-order valence-corrected chi connectivity index (χ4v) is 4.82. The summed E-state index contributed by atoms with van der Waals surface area (Å²) in [4.78, 5) is 27.5. The van der Waals surface area contributed by atoms with Gasteiger partial charge in [0, 0.05) is 30.7 Å². The van der Waals surface area contributed by atoms with E-state index in [2.05, 4.69) is 37.6 Å². The van der Waals surface area contributed by atoms with Crippen molar-refractivity contribution in [2.24, 2.45) is 0 Å². The quantitative estimate of drug-likeness (QED) is 0.257. The van der Waals surface area contributed by atoms with E-state index in [0.717, 1.165) is 67.6 Å². The number of rotatable bonds is 13. The minimum Gasteiger partial charge on any atom is -0.480 e. The van der Waals surface area contributed by atoms with Crippen molar-refractivity contribution in [2.75, 3.05) is 36.8 Å². The number of aliphatic carboxylic acids is 1. The fourth-order valence-electron chi connectivity index (χ4n) is 4.82. The van der Waals surface area contributed by atoms with Gasteiger partial charge in [-0.2, -0.15) is 0 Å². The molecule has 1 unspecified atom stereocenters. The van der Waals surface area contributed by atoms with Crippen molar-refractivity contribution in [1.29, 1.82) is 0 Å². The maximum Gasteiger partial charge on any atom is 0.326 e. The predicted molar refractivity (Wildman–Crippen MR) is 146 cm³/mol. The number of unbranched alkanes of at least 4 members (excludes halogenated alkanes) is 1. The number of hydrogen-bond acceptors (Lipinski definition) is 8. The van der Waals surface area contributed by atoms with Crippen LogP contribution >= 0.6 is 0 Å². The van der Waals surface area contributed by atoms with Crippen LogP contribution in [0.15, 0.2) is 42.7 Å². The van der Waals surface area contributed by atoms with Crippen LogP contribution in [0.25, 0.3) is 10.9 Å². The molecule has 0 aliphatic carbocycles. The van der Waals surface area contributed by atoms with Crippen LogP contribution in [0.3, 0.4) is 0 Å². The normalized spacial score (nSPS) is 14.3. The Kier molecular flexibility index (Phi) is 8.89. The van der Waals surface area contributed by atoms with Crippen LogP contribution in [0.1, 0.15) is 50.8 Å². The van der Waals surface area contributed by atoms with Crippen LogP contribution in [0, 0.1) is 0 Å². The zero-order chi connectivity index (χ0) is 26.3. The number of aliphatic hydroxyl groups is 1. The van der Waals surface area contributed by atoms with Gasteiger partial charge in [0.2, 0.25) is 0 Å². The van der Waals surface area contributed by atoms with Gasteiger partial charge in [0.25, 0.3) is 0 Å². The van der Waals surface area contributed by atoms with Crippen molar-refractivity contribution >= 4 is 28.5 Å². The summed E-state index contributed by atoms with van der Waals surface area (Å²) in [7, 11) is 0. The van der Waals surface area contributed by atoms with E-state index >= 15 is 0 Å². The number of aryl methyl sites for hydroxylation is 2. The minimum atomic E-state index is -0.932. The first kappa shape index (κ1) is 26.8. The molecule has 3 heterocycles. The number of carbonyl (C=O) groups is 1. The maximum atomic E-state index is 12.1. The van der Waals surface area contributed by atoms with E-state index in [4.69, 9.17) is 4.98 Å². The van der Waals surface area contributed by atoms with Gasteiger partial charge in [-0.05, 0) is 82.7 Å². The summed E-state index contributed by atoms with van der Waals surface area (Å²) >= 11 is 0. The zero-order valence-electron chi connectivity index (χ0n) is 21.8. The second-order valence-electron chi connectivity index (χ2n) is 10.4. The van der Waals surface area contributed by atoms with Crippen LogP contribution in [0.2, 0.25) is 0 Å². The van der Waals surface area contributed by atoms with Crippen molar-refractivity contribution in [3.63, 3.8) is 0 Å². The average Bonchev–Trinajstić information content (AvgIpc) is 2.87. The molecule has 0 fully saturated rings. The van der Waals surface area contributed by atoms with Gasteiger partial charge < -0.3 is 25.7 Å². The monoisotopic (exact) mass is 506 g/mol. The first-order chi connectivity index (χ1) is 17.8. The molecule has 0 bridgehead atoms. The maximum absolute atomic E-state index is 12.1. The Hall–Kier alpha value is -3.30. The number of nitrogens with one attached hydrogen (secondary N) is 2. The molecule has 4 rings (SSSR count). The lowest BCUT2D eigenvalue weighted by Crippen LogP contribution is -2.42. The van der Waals surface area contributed by atoms with Crippen LogP contribution in [-0.2, 0) is 17.6 Å². The SMILES string of the molecule is CC(C)(O)CN(CCCCc1ccc2c(n1)NCCC2)CCC(Nc1ncnc2ccccc12)C(=O)O. The molecule has 0 spiro atoms.